The standard InChI is InChI=1S/C9H13FN2O2S/c1-2-5-12-15(13,14)9-6-7(10)3-4-8(9)11/h3-4,6,12H,2,5,11H2,1H3. The van der Waals surface area contributed by atoms with E-state index in [9.17, 15) is 12.8 Å². The van der Waals surface area contributed by atoms with Gasteiger partial charge in [-0.05, 0) is 24.6 Å². The van der Waals surface area contributed by atoms with Crippen LogP contribution >= 0.6 is 0 Å². The minimum absolute atomic E-state index is 0.0417. The molecule has 84 valence electrons. The van der Waals surface area contributed by atoms with Crippen molar-refractivity contribution in [3.63, 3.8) is 0 Å². The maximum Gasteiger partial charge on any atom is 0.242 e. The third-order valence-electron chi connectivity index (χ3n) is 1.81. The van der Waals surface area contributed by atoms with Gasteiger partial charge in [-0.1, -0.05) is 6.92 Å². The summed E-state index contributed by atoms with van der Waals surface area (Å²) in [5.41, 5.74) is 5.50. The van der Waals surface area contributed by atoms with Gasteiger partial charge in [-0.2, -0.15) is 0 Å². The maximum atomic E-state index is 12.9. The lowest BCUT2D eigenvalue weighted by atomic mass is 10.3. The minimum atomic E-state index is -3.69. The molecule has 1 rings (SSSR count). The summed E-state index contributed by atoms with van der Waals surface area (Å²) in [4.78, 5) is -0.212. The molecular weight excluding hydrogens is 219 g/mol. The first-order chi connectivity index (χ1) is 6.97. The highest BCUT2D eigenvalue weighted by Crippen LogP contribution is 2.18. The Morgan fingerprint density at radius 2 is 2.13 bits per heavy atom. The molecule has 0 aliphatic carbocycles. The predicted molar refractivity (Wildman–Crippen MR) is 56.3 cm³/mol. The summed E-state index contributed by atoms with van der Waals surface area (Å²) in [6, 6.07) is 3.26. The van der Waals surface area contributed by atoms with E-state index in [1.165, 1.54) is 6.07 Å². The van der Waals surface area contributed by atoms with Crippen molar-refractivity contribution in [3.8, 4) is 0 Å². The van der Waals surface area contributed by atoms with Crippen LogP contribution in [0, 0.1) is 5.82 Å². The third kappa shape index (κ3) is 2.90. The highest BCUT2D eigenvalue weighted by atomic mass is 32.2. The molecule has 3 N–H and O–H groups in total. The van der Waals surface area contributed by atoms with Gasteiger partial charge in [-0.15, -0.1) is 0 Å². The molecule has 1 aromatic carbocycles. The lowest BCUT2D eigenvalue weighted by molar-refractivity contribution is 0.577. The molecule has 0 aliphatic rings. The Morgan fingerprint density at radius 3 is 2.73 bits per heavy atom. The smallest absolute Gasteiger partial charge is 0.242 e. The van der Waals surface area contributed by atoms with Gasteiger partial charge < -0.3 is 5.73 Å². The number of rotatable bonds is 4. The van der Waals surface area contributed by atoms with Crippen LogP contribution in [0.15, 0.2) is 23.1 Å². The van der Waals surface area contributed by atoms with Crippen LogP contribution in [0.5, 0.6) is 0 Å². The van der Waals surface area contributed by atoms with E-state index in [1.54, 1.807) is 0 Å². The average molecular weight is 232 g/mol. The third-order valence-corrected chi connectivity index (χ3v) is 3.32. The molecule has 0 bridgehead atoms. The molecule has 15 heavy (non-hydrogen) atoms. The molecular formula is C9H13FN2O2S. The Kier molecular flexibility index (Phi) is 3.65. The average Bonchev–Trinajstić information content (AvgIpc) is 2.18. The van der Waals surface area contributed by atoms with Crippen molar-refractivity contribution in [2.24, 2.45) is 0 Å². The molecule has 0 aliphatic heterocycles. The van der Waals surface area contributed by atoms with E-state index in [0.717, 1.165) is 12.1 Å². The summed E-state index contributed by atoms with van der Waals surface area (Å²) in [6.07, 6.45) is 0.661. The number of hydrogen-bond donors (Lipinski definition) is 2. The van der Waals surface area contributed by atoms with Crippen molar-refractivity contribution in [1.82, 2.24) is 4.72 Å². The zero-order chi connectivity index (χ0) is 11.5. The van der Waals surface area contributed by atoms with E-state index < -0.39 is 15.8 Å². The predicted octanol–water partition coefficient (Wildman–Crippen LogP) is 1.10. The Balaban J connectivity index is 3.09. The fraction of sp³-hybridized carbons (Fsp3) is 0.333. The first-order valence-corrected chi connectivity index (χ1v) is 6.00. The Labute approximate surface area is 88.3 Å². The van der Waals surface area contributed by atoms with Crippen molar-refractivity contribution >= 4 is 15.7 Å². The number of hydrogen-bond acceptors (Lipinski definition) is 3. The SMILES string of the molecule is CCCNS(=O)(=O)c1cc(F)ccc1N. The van der Waals surface area contributed by atoms with Gasteiger partial charge in [-0.25, -0.2) is 17.5 Å². The van der Waals surface area contributed by atoms with E-state index in [0.29, 0.717) is 13.0 Å². The van der Waals surface area contributed by atoms with Gasteiger partial charge in [0.2, 0.25) is 10.0 Å². The molecule has 0 spiro atoms. The van der Waals surface area contributed by atoms with Gasteiger partial charge in [0, 0.05) is 6.54 Å². The topological polar surface area (TPSA) is 72.2 Å². The van der Waals surface area contributed by atoms with Gasteiger partial charge in [0.25, 0.3) is 0 Å². The van der Waals surface area contributed by atoms with Crippen molar-refractivity contribution < 1.29 is 12.8 Å². The van der Waals surface area contributed by atoms with Crippen LogP contribution in [0.2, 0.25) is 0 Å². The largest absolute Gasteiger partial charge is 0.398 e. The number of halogens is 1. The van der Waals surface area contributed by atoms with Crippen LogP contribution < -0.4 is 10.5 Å². The highest BCUT2D eigenvalue weighted by molar-refractivity contribution is 7.89. The van der Waals surface area contributed by atoms with E-state index >= 15 is 0 Å². The minimum Gasteiger partial charge on any atom is -0.398 e. The molecule has 0 heterocycles. The van der Waals surface area contributed by atoms with Gasteiger partial charge in [0.15, 0.2) is 0 Å². The number of sulfonamides is 1. The molecule has 4 nitrogen and oxygen atoms in total. The molecule has 0 fully saturated rings. The highest BCUT2D eigenvalue weighted by Gasteiger charge is 2.17. The summed E-state index contributed by atoms with van der Waals surface area (Å²) in [6.45, 7) is 2.13. The zero-order valence-electron chi connectivity index (χ0n) is 8.33. The van der Waals surface area contributed by atoms with E-state index in [2.05, 4.69) is 4.72 Å². The van der Waals surface area contributed by atoms with Crippen molar-refractivity contribution in [2.45, 2.75) is 18.2 Å². The van der Waals surface area contributed by atoms with E-state index in [1.807, 2.05) is 6.92 Å². The fourth-order valence-corrected chi connectivity index (χ4v) is 2.33. The van der Waals surface area contributed by atoms with Crippen LogP contribution in [0.3, 0.4) is 0 Å². The van der Waals surface area contributed by atoms with Crippen molar-refractivity contribution in [1.29, 1.82) is 0 Å². The molecule has 0 atom stereocenters. The Morgan fingerprint density at radius 1 is 1.47 bits per heavy atom. The second kappa shape index (κ2) is 4.59. The van der Waals surface area contributed by atoms with Crippen molar-refractivity contribution in [3.05, 3.63) is 24.0 Å². The number of anilines is 1. The quantitative estimate of drug-likeness (QED) is 0.763. The Hall–Kier alpha value is -1.14. The van der Waals surface area contributed by atoms with Gasteiger partial charge in [-0.3, -0.25) is 0 Å². The first-order valence-electron chi connectivity index (χ1n) is 4.52. The molecule has 6 heteroatoms. The Bertz CT molecular complexity index is 445. The normalized spacial score (nSPS) is 11.6. The second-order valence-electron chi connectivity index (χ2n) is 3.08. The summed E-state index contributed by atoms with van der Waals surface area (Å²) >= 11 is 0. The zero-order valence-corrected chi connectivity index (χ0v) is 9.14. The number of nitrogen functional groups attached to an aromatic ring is 1. The van der Waals surface area contributed by atoms with Crippen LogP contribution in [-0.4, -0.2) is 15.0 Å². The lowest BCUT2D eigenvalue weighted by Gasteiger charge is -2.07. The van der Waals surface area contributed by atoms with Crippen molar-refractivity contribution in [2.75, 3.05) is 12.3 Å². The molecule has 0 amide bonds. The number of nitrogens with one attached hydrogen (secondary N) is 1. The van der Waals surface area contributed by atoms with Crippen LogP contribution in [0.1, 0.15) is 13.3 Å². The van der Waals surface area contributed by atoms with Gasteiger partial charge in [0.1, 0.15) is 10.7 Å². The summed E-state index contributed by atoms with van der Waals surface area (Å²) < 4.78 is 38.4. The molecule has 0 saturated heterocycles. The summed E-state index contributed by atoms with van der Waals surface area (Å²) in [7, 11) is -3.69. The first kappa shape index (κ1) is 11.9. The molecule has 0 saturated carbocycles. The summed E-state index contributed by atoms with van der Waals surface area (Å²) in [5.74, 6) is -0.624. The van der Waals surface area contributed by atoms with Crippen LogP contribution in [-0.2, 0) is 10.0 Å². The van der Waals surface area contributed by atoms with E-state index in [-0.39, 0.29) is 10.6 Å². The molecule has 0 aromatic heterocycles. The lowest BCUT2D eigenvalue weighted by Crippen LogP contribution is -2.25. The summed E-state index contributed by atoms with van der Waals surface area (Å²) in [5, 5.41) is 0. The number of benzene rings is 1. The van der Waals surface area contributed by atoms with Gasteiger partial charge >= 0.3 is 0 Å². The molecule has 0 unspecified atom stereocenters. The second-order valence-corrected chi connectivity index (χ2v) is 4.82. The monoisotopic (exact) mass is 232 g/mol. The maximum absolute atomic E-state index is 12.9. The number of nitrogens with two attached hydrogens (primary N) is 1. The van der Waals surface area contributed by atoms with E-state index in [4.69, 9.17) is 5.73 Å². The molecule has 1 aromatic rings. The van der Waals surface area contributed by atoms with Crippen LogP contribution in [0.25, 0.3) is 0 Å². The molecule has 0 radical (unpaired) electrons. The fourth-order valence-electron chi connectivity index (χ4n) is 1.06. The van der Waals surface area contributed by atoms with Crippen LogP contribution in [0.4, 0.5) is 10.1 Å². The van der Waals surface area contributed by atoms with Gasteiger partial charge in [0.05, 0.1) is 5.69 Å².